The van der Waals surface area contributed by atoms with E-state index < -0.39 is 5.54 Å². The maximum Gasteiger partial charge on any atom is 0.327 e. The highest BCUT2D eigenvalue weighted by Gasteiger charge is 2.36. The summed E-state index contributed by atoms with van der Waals surface area (Å²) in [6, 6.07) is 0.599. The van der Waals surface area contributed by atoms with Gasteiger partial charge in [0.05, 0.1) is 6.61 Å². The molecule has 1 heterocycles. The molecule has 1 unspecified atom stereocenters. The molecule has 5 nitrogen and oxygen atoms in total. The van der Waals surface area contributed by atoms with Crippen LogP contribution >= 0.6 is 0 Å². The molecular formula is C15H31N3O2. The van der Waals surface area contributed by atoms with E-state index in [1.165, 1.54) is 0 Å². The van der Waals surface area contributed by atoms with E-state index in [9.17, 15) is 4.79 Å². The molecule has 0 spiro atoms. The molecule has 0 radical (unpaired) electrons. The summed E-state index contributed by atoms with van der Waals surface area (Å²) in [6.07, 6.45) is 0. The fourth-order valence-electron chi connectivity index (χ4n) is 2.76. The van der Waals surface area contributed by atoms with Crippen molar-refractivity contribution in [2.75, 3.05) is 45.9 Å². The Hall–Kier alpha value is -0.650. The topological polar surface area (TPSA) is 44.8 Å². The SMILES string of the molecule is CCNC(C)(CN1CCN(C(C)C)CC1)C(=O)OCC. The van der Waals surface area contributed by atoms with E-state index >= 15 is 0 Å². The molecule has 1 N–H and O–H groups in total. The molecule has 0 saturated carbocycles. The minimum atomic E-state index is -0.606. The minimum absolute atomic E-state index is 0.145. The van der Waals surface area contributed by atoms with Crippen LogP contribution in [0.25, 0.3) is 0 Å². The third kappa shape index (κ3) is 4.72. The van der Waals surface area contributed by atoms with Gasteiger partial charge in [-0.3, -0.25) is 14.6 Å². The lowest BCUT2D eigenvalue weighted by Crippen LogP contribution is -2.60. The van der Waals surface area contributed by atoms with E-state index in [2.05, 4.69) is 29.0 Å². The number of rotatable bonds is 7. The lowest BCUT2D eigenvalue weighted by Gasteiger charge is -2.40. The van der Waals surface area contributed by atoms with E-state index in [1.54, 1.807) is 0 Å². The fourth-order valence-corrected chi connectivity index (χ4v) is 2.76. The molecule has 0 aromatic rings. The molecule has 1 fully saturated rings. The Balaban J connectivity index is 2.56. The largest absolute Gasteiger partial charge is 0.465 e. The van der Waals surface area contributed by atoms with Gasteiger partial charge in [0.1, 0.15) is 5.54 Å². The first kappa shape index (κ1) is 17.4. The molecule has 0 bridgehead atoms. The zero-order valence-corrected chi connectivity index (χ0v) is 13.7. The minimum Gasteiger partial charge on any atom is -0.465 e. The van der Waals surface area contributed by atoms with Crippen molar-refractivity contribution in [1.82, 2.24) is 15.1 Å². The smallest absolute Gasteiger partial charge is 0.327 e. The fraction of sp³-hybridized carbons (Fsp3) is 0.933. The van der Waals surface area contributed by atoms with E-state index in [-0.39, 0.29) is 5.97 Å². The first-order chi connectivity index (χ1) is 9.42. The molecule has 0 aromatic heterocycles. The molecule has 1 rings (SSSR count). The number of ether oxygens (including phenoxy) is 1. The molecule has 118 valence electrons. The molecule has 5 heteroatoms. The quantitative estimate of drug-likeness (QED) is 0.706. The van der Waals surface area contributed by atoms with E-state index in [0.717, 1.165) is 32.7 Å². The summed E-state index contributed by atoms with van der Waals surface area (Å²) in [5.74, 6) is -0.145. The third-order valence-corrected chi connectivity index (χ3v) is 3.97. The Morgan fingerprint density at radius 2 is 1.85 bits per heavy atom. The third-order valence-electron chi connectivity index (χ3n) is 3.97. The highest BCUT2D eigenvalue weighted by molar-refractivity contribution is 5.80. The number of likely N-dealkylation sites (N-methyl/N-ethyl adjacent to an activating group) is 1. The van der Waals surface area contributed by atoms with Crippen molar-refractivity contribution in [3.05, 3.63) is 0 Å². The van der Waals surface area contributed by atoms with Crippen molar-refractivity contribution in [3.63, 3.8) is 0 Å². The second-order valence-corrected chi connectivity index (χ2v) is 5.99. The summed E-state index contributed by atoms with van der Waals surface area (Å²) in [4.78, 5) is 17.0. The number of carbonyl (C=O) groups is 1. The zero-order chi connectivity index (χ0) is 15.2. The highest BCUT2D eigenvalue weighted by Crippen LogP contribution is 2.13. The lowest BCUT2D eigenvalue weighted by atomic mass is 10.0. The molecule has 20 heavy (non-hydrogen) atoms. The molecule has 0 amide bonds. The Kier molecular flexibility index (Phi) is 6.92. The maximum atomic E-state index is 12.2. The van der Waals surface area contributed by atoms with Gasteiger partial charge in [-0.15, -0.1) is 0 Å². The summed E-state index contributed by atoms with van der Waals surface area (Å²) in [7, 11) is 0. The van der Waals surface area contributed by atoms with Gasteiger partial charge in [0.15, 0.2) is 0 Å². The molecule has 0 aliphatic carbocycles. The zero-order valence-electron chi connectivity index (χ0n) is 13.7. The van der Waals surface area contributed by atoms with Crippen molar-refractivity contribution < 1.29 is 9.53 Å². The van der Waals surface area contributed by atoms with Crippen molar-refractivity contribution in [1.29, 1.82) is 0 Å². The van der Waals surface area contributed by atoms with Gasteiger partial charge in [0, 0.05) is 38.8 Å². The van der Waals surface area contributed by atoms with E-state index in [0.29, 0.717) is 19.2 Å². The molecule has 1 aliphatic rings. The average Bonchev–Trinajstić information content (AvgIpc) is 2.39. The summed E-state index contributed by atoms with van der Waals surface area (Å²) in [5.41, 5.74) is -0.606. The number of hydrogen-bond acceptors (Lipinski definition) is 5. The molecule has 0 aromatic carbocycles. The molecule has 1 atom stereocenters. The van der Waals surface area contributed by atoms with Crippen molar-refractivity contribution in [2.24, 2.45) is 0 Å². The van der Waals surface area contributed by atoms with Crippen LogP contribution in [0.5, 0.6) is 0 Å². The summed E-state index contributed by atoms with van der Waals surface area (Å²) in [5, 5.41) is 3.30. The summed E-state index contributed by atoms with van der Waals surface area (Å²) >= 11 is 0. The van der Waals surface area contributed by atoms with Gasteiger partial charge in [-0.05, 0) is 34.2 Å². The van der Waals surface area contributed by atoms with Crippen molar-refractivity contribution in [2.45, 2.75) is 46.2 Å². The Labute approximate surface area is 123 Å². The molecule has 1 saturated heterocycles. The van der Waals surface area contributed by atoms with Crippen LogP contribution in [-0.2, 0) is 9.53 Å². The van der Waals surface area contributed by atoms with Crippen LogP contribution in [0.3, 0.4) is 0 Å². The van der Waals surface area contributed by atoms with Crippen LogP contribution in [0.15, 0.2) is 0 Å². The van der Waals surface area contributed by atoms with Gasteiger partial charge in [-0.1, -0.05) is 6.92 Å². The number of piperazine rings is 1. The Morgan fingerprint density at radius 3 is 2.30 bits per heavy atom. The van der Waals surface area contributed by atoms with Gasteiger partial charge in [-0.2, -0.15) is 0 Å². The maximum absolute atomic E-state index is 12.2. The van der Waals surface area contributed by atoms with Gasteiger partial charge in [0.25, 0.3) is 0 Å². The molecular weight excluding hydrogens is 254 g/mol. The van der Waals surface area contributed by atoms with Gasteiger partial charge in [-0.25, -0.2) is 0 Å². The lowest BCUT2D eigenvalue weighted by molar-refractivity contribution is -0.151. The monoisotopic (exact) mass is 285 g/mol. The Morgan fingerprint density at radius 1 is 1.25 bits per heavy atom. The van der Waals surface area contributed by atoms with Gasteiger partial charge < -0.3 is 10.1 Å². The van der Waals surface area contributed by atoms with Crippen LogP contribution in [0.1, 0.15) is 34.6 Å². The number of nitrogens with one attached hydrogen (secondary N) is 1. The second-order valence-electron chi connectivity index (χ2n) is 5.99. The average molecular weight is 285 g/mol. The predicted octanol–water partition coefficient (Wildman–Crippen LogP) is 0.944. The van der Waals surface area contributed by atoms with E-state index in [4.69, 9.17) is 4.74 Å². The second kappa shape index (κ2) is 7.96. The van der Waals surface area contributed by atoms with Gasteiger partial charge in [0.2, 0.25) is 0 Å². The van der Waals surface area contributed by atoms with Gasteiger partial charge >= 0.3 is 5.97 Å². The van der Waals surface area contributed by atoms with Crippen LogP contribution in [0.4, 0.5) is 0 Å². The number of hydrogen-bond donors (Lipinski definition) is 1. The standard InChI is InChI=1S/C15H31N3O2/c1-6-16-15(5,14(19)20-7-2)12-17-8-10-18(11-9-17)13(3)4/h13,16H,6-12H2,1-5H3. The van der Waals surface area contributed by atoms with Crippen molar-refractivity contribution in [3.8, 4) is 0 Å². The van der Waals surface area contributed by atoms with Crippen LogP contribution in [0, 0.1) is 0 Å². The Bertz CT molecular complexity index is 301. The summed E-state index contributed by atoms with van der Waals surface area (Å²) < 4.78 is 5.22. The van der Waals surface area contributed by atoms with Crippen LogP contribution in [0.2, 0.25) is 0 Å². The molecule has 1 aliphatic heterocycles. The number of carbonyl (C=O) groups excluding carboxylic acids is 1. The highest BCUT2D eigenvalue weighted by atomic mass is 16.5. The first-order valence-corrected chi connectivity index (χ1v) is 7.81. The normalized spacial score (nSPS) is 20.9. The van der Waals surface area contributed by atoms with E-state index in [1.807, 2.05) is 20.8 Å². The number of esters is 1. The van der Waals surface area contributed by atoms with Crippen LogP contribution in [-0.4, -0.2) is 73.2 Å². The number of nitrogens with zero attached hydrogens (tertiary/aromatic N) is 2. The summed E-state index contributed by atoms with van der Waals surface area (Å²) in [6.45, 7) is 16.4. The first-order valence-electron chi connectivity index (χ1n) is 7.81. The van der Waals surface area contributed by atoms with Crippen LogP contribution < -0.4 is 5.32 Å². The predicted molar refractivity (Wildman–Crippen MR) is 81.9 cm³/mol. The van der Waals surface area contributed by atoms with Crippen molar-refractivity contribution >= 4 is 5.97 Å².